The molecule has 2 N–H and O–H groups in total. The molecule has 0 heterocycles. The Kier molecular flexibility index (Phi) is 5.22. The van der Waals surface area contributed by atoms with Crippen molar-refractivity contribution in [1.29, 1.82) is 5.26 Å². The van der Waals surface area contributed by atoms with Crippen molar-refractivity contribution in [2.45, 2.75) is 13.8 Å². The molecule has 0 saturated carbocycles. The quantitative estimate of drug-likeness (QED) is 0.829. The van der Waals surface area contributed by atoms with Gasteiger partial charge in [0, 0.05) is 5.69 Å². The molecule has 0 aliphatic heterocycles. The molecule has 0 saturated heterocycles. The largest absolute Gasteiger partial charge is 0.325 e. The highest BCUT2D eigenvalue weighted by atomic mass is 35.5. The average molecular weight is 342 g/mol. The van der Waals surface area contributed by atoms with Gasteiger partial charge in [0.15, 0.2) is 0 Å². The average Bonchev–Trinajstić information content (AvgIpc) is 2.57. The summed E-state index contributed by atoms with van der Waals surface area (Å²) in [6.07, 6.45) is 0. The van der Waals surface area contributed by atoms with E-state index in [-0.39, 0.29) is 0 Å². The van der Waals surface area contributed by atoms with Crippen LogP contribution in [0.25, 0.3) is 0 Å². The van der Waals surface area contributed by atoms with E-state index in [4.69, 9.17) is 16.9 Å². The van der Waals surface area contributed by atoms with E-state index in [2.05, 4.69) is 10.6 Å². The molecule has 0 aliphatic carbocycles. The summed E-state index contributed by atoms with van der Waals surface area (Å²) in [5.74, 6) is -0.932. The molecular weight excluding hydrogens is 326 g/mol. The summed E-state index contributed by atoms with van der Waals surface area (Å²) < 4.78 is 0. The number of hydrogen-bond donors (Lipinski definition) is 2. The summed E-state index contributed by atoms with van der Waals surface area (Å²) in [5, 5.41) is 14.5. The van der Waals surface area contributed by atoms with Crippen LogP contribution in [0.4, 0.5) is 11.4 Å². The molecule has 0 aromatic heterocycles. The number of carbonyl (C=O) groups excluding carboxylic acids is 2. The van der Waals surface area contributed by atoms with Crippen LogP contribution >= 0.6 is 11.6 Å². The van der Waals surface area contributed by atoms with Crippen molar-refractivity contribution in [2.24, 2.45) is 5.41 Å². The molecule has 2 aromatic carbocycles. The molecule has 122 valence electrons. The van der Waals surface area contributed by atoms with Crippen molar-refractivity contribution in [3.05, 3.63) is 59.1 Å². The first-order valence-electron chi connectivity index (χ1n) is 7.22. The molecule has 0 atom stereocenters. The third-order valence-corrected chi connectivity index (χ3v) is 3.86. The second-order valence-electron chi connectivity index (χ2n) is 5.70. The molecule has 2 rings (SSSR count). The first-order chi connectivity index (χ1) is 11.3. The van der Waals surface area contributed by atoms with Crippen molar-refractivity contribution >= 4 is 34.8 Å². The topological polar surface area (TPSA) is 82.0 Å². The summed E-state index contributed by atoms with van der Waals surface area (Å²) in [6, 6.07) is 15.2. The van der Waals surface area contributed by atoms with E-state index in [9.17, 15) is 9.59 Å². The van der Waals surface area contributed by atoms with Gasteiger partial charge in [0.2, 0.25) is 11.8 Å². The van der Waals surface area contributed by atoms with Crippen molar-refractivity contribution in [3.8, 4) is 6.07 Å². The summed E-state index contributed by atoms with van der Waals surface area (Å²) >= 11 is 6.01. The van der Waals surface area contributed by atoms with Crippen LogP contribution in [0, 0.1) is 16.7 Å². The second kappa shape index (κ2) is 7.16. The number of amides is 2. The zero-order chi connectivity index (χ0) is 17.7. The van der Waals surface area contributed by atoms with E-state index in [1.165, 1.54) is 13.8 Å². The van der Waals surface area contributed by atoms with E-state index < -0.39 is 17.2 Å². The van der Waals surface area contributed by atoms with Crippen LogP contribution in [0.5, 0.6) is 0 Å². The Labute approximate surface area is 145 Å². The lowest BCUT2D eigenvalue weighted by Gasteiger charge is -2.23. The minimum atomic E-state index is -1.31. The van der Waals surface area contributed by atoms with Crippen LogP contribution < -0.4 is 10.6 Å². The smallest absolute Gasteiger partial charge is 0.239 e. The number of nitrogens with one attached hydrogen (secondary N) is 2. The van der Waals surface area contributed by atoms with Gasteiger partial charge in [-0.15, -0.1) is 0 Å². The molecule has 0 fully saturated rings. The van der Waals surface area contributed by atoms with Gasteiger partial charge < -0.3 is 10.6 Å². The molecule has 5 nitrogen and oxygen atoms in total. The van der Waals surface area contributed by atoms with Crippen molar-refractivity contribution < 1.29 is 9.59 Å². The maximum absolute atomic E-state index is 12.4. The van der Waals surface area contributed by atoms with E-state index in [1.54, 1.807) is 48.5 Å². The fourth-order valence-electron chi connectivity index (χ4n) is 1.86. The number of carbonyl (C=O) groups is 2. The Morgan fingerprint density at radius 3 is 2.17 bits per heavy atom. The number of rotatable bonds is 4. The Hall–Kier alpha value is -2.84. The summed E-state index contributed by atoms with van der Waals surface area (Å²) in [4.78, 5) is 24.9. The minimum absolute atomic E-state index is 0.397. The monoisotopic (exact) mass is 341 g/mol. The fraction of sp³-hybridized carbons (Fsp3) is 0.167. The SMILES string of the molecule is CC(C)(C(=O)Nc1ccc(C#N)cc1)C(=O)Nc1ccccc1Cl. The zero-order valence-corrected chi connectivity index (χ0v) is 14.0. The molecule has 2 aromatic rings. The van der Waals surface area contributed by atoms with Gasteiger partial charge in [0.25, 0.3) is 0 Å². The van der Waals surface area contributed by atoms with E-state index in [0.717, 1.165) is 0 Å². The predicted octanol–water partition coefficient (Wildman–Crippen LogP) is 3.82. The number of hydrogen-bond acceptors (Lipinski definition) is 3. The van der Waals surface area contributed by atoms with Crippen LogP contribution in [-0.2, 0) is 9.59 Å². The number of nitriles is 1. The summed E-state index contributed by atoms with van der Waals surface area (Å²) in [7, 11) is 0. The highest BCUT2D eigenvalue weighted by Gasteiger charge is 2.36. The molecule has 0 bridgehead atoms. The standard InChI is InChI=1S/C18H16ClN3O2/c1-18(2,17(24)22-15-6-4-3-5-14(15)19)16(23)21-13-9-7-12(11-20)8-10-13/h3-10H,1-2H3,(H,21,23)(H,22,24). The number of anilines is 2. The van der Waals surface area contributed by atoms with Crippen molar-refractivity contribution in [2.75, 3.05) is 10.6 Å². The molecule has 0 spiro atoms. The molecule has 0 radical (unpaired) electrons. The highest BCUT2D eigenvalue weighted by Crippen LogP contribution is 2.25. The van der Waals surface area contributed by atoms with Gasteiger partial charge in [-0.05, 0) is 50.2 Å². The third kappa shape index (κ3) is 3.92. The molecule has 2 amide bonds. The second-order valence-corrected chi connectivity index (χ2v) is 6.11. The van der Waals surface area contributed by atoms with Crippen LogP contribution in [0.2, 0.25) is 5.02 Å². The predicted molar refractivity (Wildman–Crippen MR) is 93.6 cm³/mol. The molecular formula is C18H16ClN3O2. The van der Waals surface area contributed by atoms with Crippen molar-refractivity contribution in [3.63, 3.8) is 0 Å². The fourth-order valence-corrected chi connectivity index (χ4v) is 2.04. The van der Waals surface area contributed by atoms with Gasteiger partial charge in [-0.25, -0.2) is 0 Å². The summed E-state index contributed by atoms with van der Waals surface area (Å²) in [5.41, 5.74) is 0.136. The van der Waals surface area contributed by atoms with Gasteiger partial charge in [-0.1, -0.05) is 23.7 Å². The highest BCUT2D eigenvalue weighted by molar-refractivity contribution is 6.34. The minimum Gasteiger partial charge on any atom is -0.325 e. The normalized spacial score (nSPS) is 10.6. The van der Waals surface area contributed by atoms with Gasteiger partial charge in [0.1, 0.15) is 5.41 Å². The lowest BCUT2D eigenvalue weighted by Crippen LogP contribution is -2.41. The Bertz CT molecular complexity index is 808. The van der Waals surface area contributed by atoms with Crippen LogP contribution in [0.1, 0.15) is 19.4 Å². The molecule has 0 aliphatic rings. The third-order valence-electron chi connectivity index (χ3n) is 3.53. The number of para-hydroxylation sites is 1. The van der Waals surface area contributed by atoms with E-state index in [1.807, 2.05) is 6.07 Å². The Balaban J connectivity index is 2.10. The first-order valence-corrected chi connectivity index (χ1v) is 7.60. The van der Waals surface area contributed by atoms with Crippen LogP contribution in [0.15, 0.2) is 48.5 Å². The van der Waals surface area contributed by atoms with Crippen LogP contribution in [-0.4, -0.2) is 11.8 Å². The van der Waals surface area contributed by atoms with E-state index in [0.29, 0.717) is 22.0 Å². The Morgan fingerprint density at radius 2 is 1.58 bits per heavy atom. The molecule has 24 heavy (non-hydrogen) atoms. The maximum Gasteiger partial charge on any atom is 0.239 e. The maximum atomic E-state index is 12.4. The lowest BCUT2D eigenvalue weighted by molar-refractivity contribution is -0.135. The molecule has 0 unspecified atom stereocenters. The van der Waals surface area contributed by atoms with Gasteiger partial charge in [-0.2, -0.15) is 5.26 Å². The summed E-state index contributed by atoms with van der Waals surface area (Å²) in [6.45, 7) is 3.05. The number of benzene rings is 2. The van der Waals surface area contributed by atoms with Gasteiger partial charge in [0.05, 0.1) is 22.3 Å². The zero-order valence-electron chi connectivity index (χ0n) is 13.3. The van der Waals surface area contributed by atoms with Crippen LogP contribution in [0.3, 0.4) is 0 Å². The Morgan fingerprint density at radius 1 is 1.00 bits per heavy atom. The lowest BCUT2D eigenvalue weighted by atomic mass is 9.90. The molecule has 6 heteroatoms. The van der Waals surface area contributed by atoms with Gasteiger partial charge >= 0.3 is 0 Å². The van der Waals surface area contributed by atoms with Gasteiger partial charge in [-0.3, -0.25) is 9.59 Å². The first kappa shape index (κ1) is 17.5. The number of nitrogens with zero attached hydrogens (tertiary/aromatic N) is 1. The van der Waals surface area contributed by atoms with Crippen molar-refractivity contribution in [1.82, 2.24) is 0 Å². The van der Waals surface area contributed by atoms with E-state index >= 15 is 0 Å². The number of halogens is 1.